The number of hydroxylamine groups is 1. The van der Waals surface area contributed by atoms with Gasteiger partial charge in [0.15, 0.2) is 5.78 Å². The second-order valence-corrected chi connectivity index (χ2v) is 6.32. The predicted molar refractivity (Wildman–Crippen MR) is 108 cm³/mol. The van der Waals surface area contributed by atoms with Crippen LogP contribution in [0.4, 0.5) is 5.69 Å². The van der Waals surface area contributed by atoms with Gasteiger partial charge >= 0.3 is 0 Å². The van der Waals surface area contributed by atoms with E-state index in [0.717, 1.165) is 43.1 Å². The van der Waals surface area contributed by atoms with Gasteiger partial charge in [-0.1, -0.05) is 30.3 Å². The molecule has 0 unspecified atom stereocenters. The normalized spacial score (nSPS) is 14.5. The SMILES string of the molecule is O=C(C=Cc1ccc(C=CC(=O)c2ccc(N3CCOCC3)cc2)cc1)NO. The van der Waals surface area contributed by atoms with E-state index in [1.165, 1.54) is 11.6 Å². The summed E-state index contributed by atoms with van der Waals surface area (Å²) in [7, 11) is 0. The minimum absolute atomic E-state index is 0.0582. The highest BCUT2D eigenvalue weighted by Gasteiger charge is 2.11. The minimum atomic E-state index is -0.589. The van der Waals surface area contributed by atoms with E-state index in [1.54, 1.807) is 18.2 Å². The molecular formula is C22H22N2O4. The molecule has 1 fully saturated rings. The average Bonchev–Trinajstić information content (AvgIpc) is 2.77. The molecule has 0 radical (unpaired) electrons. The monoisotopic (exact) mass is 378 g/mol. The van der Waals surface area contributed by atoms with E-state index in [0.29, 0.717) is 5.56 Å². The number of carbonyl (C=O) groups is 2. The number of nitrogens with zero attached hydrogens (tertiary/aromatic N) is 1. The van der Waals surface area contributed by atoms with Crippen LogP contribution in [0.3, 0.4) is 0 Å². The molecule has 1 aliphatic heterocycles. The van der Waals surface area contributed by atoms with Gasteiger partial charge in [-0.05, 0) is 47.5 Å². The number of nitrogens with one attached hydrogen (secondary N) is 1. The molecule has 1 saturated heterocycles. The number of anilines is 1. The number of benzene rings is 2. The van der Waals surface area contributed by atoms with Gasteiger partial charge in [0.25, 0.3) is 5.91 Å². The highest BCUT2D eigenvalue weighted by atomic mass is 16.5. The van der Waals surface area contributed by atoms with Gasteiger partial charge in [-0.25, -0.2) is 5.48 Å². The van der Waals surface area contributed by atoms with Crippen molar-refractivity contribution in [3.63, 3.8) is 0 Å². The molecule has 0 saturated carbocycles. The molecule has 0 aliphatic carbocycles. The lowest BCUT2D eigenvalue weighted by atomic mass is 10.1. The molecular weight excluding hydrogens is 356 g/mol. The van der Waals surface area contributed by atoms with Crippen LogP contribution in [0.5, 0.6) is 0 Å². The van der Waals surface area contributed by atoms with Gasteiger partial charge in [-0.2, -0.15) is 0 Å². The number of rotatable bonds is 6. The molecule has 1 aliphatic rings. The molecule has 1 heterocycles. The van der Waals surface area contributed by atoms with E-state index >= 15 is 0 Å². The number of hydrogen-bond donors (Lipinski definition) is 2. The Bertz CT molecular complexity index is 864. The Morgan fingerprint density at radius 1 is 0.893 bits per heavy atom. The molecule has 28 heavy (non-hydrogen) atoms. The van der Waals surface area contributed by atoms with Gasteiger partial charge in [0, 0.05) is 30.4 Å². The van der Waals surface area contributed by atoms with Crippen LogP contribution in [-0.2, 0) is 9.53 Å². The van der Waals surface area contributed by atoms with E-state index < -0.39 is 5.91 Å². The number of allylic oxidation sites excluding steroid dienone is 1. The second kappa shape index (κ2) is 9.64. The van der Waals surface area contributed by atoms with Crippen LogP contribution in [-0.4, -0.2) is 43.2 Å². The highest BCUT2D eigenvalue weighted by molar-refractivity contribution is 6.07. The molecule has 0 atom stereocenters. The van der Waals surface area contributed by atoms with E-state index in [4.69, 9.17) is 9.94 Å². The smallest absolute Gasteiger partial charge is 0.267 e. The van der Waals surface area contributed by atoms with Crippen molar-refractivity contribution in [2.24, 2.45) is 0 Å². The first-order valence-corrected chi connectivity index (χ1v) is 9.03. The molecule has 0 bridgehead atoms. The summed E-state index contributed by atoms with van der Waals surface area (Å²) in [5, 5.41) is 8.46. The summed E-state index contributed by atoms with van der Waals surface area (Å²) in [5.41, 5.74) is 4.96. The summed E-state index contributed by atoms with van der Waals surface area (Å²) in [4.78, 5) is 25.6. The first-order chi connectivity index (χ1) is 13.7. The Labute approximate surface area is 163 Å². The van der Waals surface area contributed by atoms with E-state index in [-0.39, 0.29) is 5.78 Å². The fourth-order valence-corrected chi connectivity index (χ4v) is 2.85. The summed E-state index contributed by atoms with van der Waals surface area (Å²) < 4.78 is 5.36. The summed E-state index contributed by atoms with van der Waals surface area (Å²) in [6, 6.07) is 15.0. The average molecular weight is 378 g/mol. The topological polar surface area (TPSA) is 78.9 Å². The summed E-state index contributed by atoms with van der Waals surface area (Å²) in [5.74, 6) is -0.647. The van der Waals surface area contributed by atoms with Crippen LogP contribution >= 0.6 is 0 Å². The van der Waals surface area contributed by atoms with Crippen LogP contribution < -0.4 is 10.4 Å². The van der Waals surface area contributed by atoms with Gasteiger partial charge in [0.2, 0.25) is 0 Å². The Balaban J connectivity index is 1.60. The molecule has 2 N–H and O–H groups in total. The van der Waals surface area contributed by atoms with Crippen LogP contribution in [0.15, 0.2) is 60.7 Å². The van der Waals surface area contributed by atoms with Gasteiger partial charge in [-0.15, -0.1) is 0 Å². The van der Waals surface area contributed by atoms with Gasteiger partial charge < -0.3 is 9.64 Å². The number of amides is 1. The van der Waals surface area contributed by atoms with Crippen LogP contribution in [0.25, 0.3) is 12.2 Å². The Morgan fingerprint density at radius 3 is 2.04 bits per heavy atom. The lowest BCUT2D eigenvalue weighted by Crippen LogP contribution is -2.36. The van der Waals surface area contributed by atoms with Crippen LogP contribution in [0, 0.1) is 0 Å². The van der Waals surface area contributed by atoms with Crippen molar-refractivity contribution in [3.8, 4) is 0 Å². The van der Waals surface area contributed by atoms with Crippen LogP contribution in [0.1, 0.15) is 21.5 Å². The van der Waals surface area contributed by atoms with Crippen molar-refractivity contribution in [2.75, 3.05) is 31.2 Å². The third-order valence-corrected chi connectivity index (χ3v) is 4.43. The van der Waals surface area contributed by atoms with E-state index in [1.807, 2.05) is 48.5 Å². The van der Waals surface area contributed by atoms with Gasteiger partial charge in [0.05, 0.1) is 13.2 Å². The molecule has 0 spiro atoms. The second-order valence-electron chi connectivity index (χ2n) is 6.32. The Hall–Kier alpha value is -3.22. The van der Waals surface area contributed by atoms with Crippen molar-refractivity contribution in [3.05, 3.63) is 77.4 Å². The van der Waals surface area contributed by atoms with Crippen molar-refractivity contribution in [1.82, 2.24) is 5.48 Å². The van der Waals surface area contributed by atoms with Crippen molar-refractivity contribution in [2.45, 2.75) is 0 Å². The molecule has 6 nitrogen and oxygen atoms in total. The van der Waals surface area contributed by atoms with Gasteiger partial charge in [-0.3, -0.25) is 14.8 Å². The maximum absolute atomic E-state index is 12.4. The first kappa shape index (κ1) is 19.5. The fraction of sp³-hybridized carbons (Fsp3) is 0.182. The summed E-state index contributed by atoms with van der Waals surface area (Å²) in [6.45, 7) is 3.19. The van der Waals surface area contributed by atoms with Crippen molar-refractivity contribution >= 4 is 29.5 Å². The van der Waals surface area contributed by atoms with E-state index in [9.17, 15) is 9.59 Å². The van der Waals surface area contributed by atoms with Crippen molar-refractivity contribution in [1.29, 1.82) is 0 Å². The lowest BCUT2D eigenvalue weighted by Gasteiger charge is -2.28. The lowest BCUT2D eigenvalue weighted by molar-refractivity contribution is -0.124. The molecule has 2 aromatic carbocycles. The maximum Gasteiger partial charge on any atom is 0.267 e. The largest absolute Gasteiger partial charge is 0.378 e. The maximum atomic E-state index is 12.4. The molecule has 0 aromatic heterocycles. The third kappa shape index (κ3) is 5.39. The zero-order valence-corrected chi connectivity index (χ0v) is 15.4. The highest BCUT2D eigenvalue weighted by Crippen LogP contribution is 2.17. The van der Waals surface area contributed by atoms with E-state index in [2.05, 4.69) is 4.90 Å². The number of ether oxygens (including phenoxy) is 1. The van der Waals surface area contributed by atoms with Crippen molar-refractivity contribution < 1.29 is 19.5 Å². The zero-order chi connectivity index (χ0) is 19.8. The molecule has 2 aromatic rings. The molecule has 144 valence electrons. The molecule has 1 amide bonds. The number of morpholine rings is 1. The number of ketones is 1. The van der Waals surface area contributed by atoms with Crippen LogP contribution in [0.2, 0.25) is 0 Å². The summed E-state index contributed by atoms with van der Waals surface area (Å²) >= 11 is 0. The first-order valence-electron chi connectivity index (χ1n) is 9.03. The molecule has 6 heteroatoms. The Kier molecular flexibility index (Phi) is 6.73. The predicted octanol–water partition coefficient (Wildman–Crippen LogP) is 2.94. The minimum Gasteiger partial charge on any atom is -0.378 e. The Morgan fingerprint density at radius 2 is 1.46 bits per heavy atom. The number of hydrogen-bond acceptors (Lipinski definition) is 5. The van der Waals surface area contributed by atoms with Gasteiger partial charge in [0.1, 0.15) is 0 Å². The molecule has 3 rings (SSSR count). The quantitative estimate of drug-likeness (QED) is 0.350. The standard InChI is InChI=1S/C22H22N2O4/c25-21(19-7-9-20(10-8-19)24-13-15-28-16-14-24)11-5-17-1-3-18(4-2-17)6-12-22(26)23-27/h1-12,27H,13-16H2,(H,23,26). The number of carbonyl (C=O) groups excluding carboxylic acids is 2. The summed E-state index contributed by atoms with van der Waals surface area (Å²) in [6.07, 6.45) is 6.12. The zero-order valence-electron chi connectivity index (χ0n) is 15.4. The third-order valence-electron chi connectivity index (χ3n) is 4.43. The fourth-order valence-electron chi connectivity index (χ4n) is 2.85.